The predicted molar refractivity (Wildman–Crippen MR) is 132 cm³/mol. The summed E-state index contributed by atoms with van der Waals surface area (Å²) in [7, 11) is 1.63. The zero-order valence-corrected chi connectivity index (χ0v) is 20.2. The van der Waals surface area contributed by atoms with Crippen LogP contribution in [0.4, 0.5) is 5.95 Å². The van der Waals surface area contributed by atoms with E-state index in [1.807, 2.05) is 60.4 Å². The highest BCUT2D eigenvalue weighted by molar-refractivity contribution is 5.79. The lowest BCUT2D eigenvalue weighted by molar-refractivity contribution is -0.131. The van der Waals surface area contributed by atoms with Gasteiger partial charge < -0.3 is 24.0 Å². The number of methoxy groups -OCH3 is 1. The maximum atomic E-state index is 13.2. The Balaban J connectivity index is 1.42. The van der Waals surface area contributed by atoms with Gasteiger partial charge in [-0.1, -0.05) is 24.3 Å². The highest BCUT2D eigenvalue weighted by atomic mass is 16.5. The number of ether oxygens (including phenoxy) is 3. The maximum absolute atomic E-state index is 13.2. The number of nitrogens with zero attached hydrogens (tertiary/aromatic N) is 4. The van der Waals surface area contributed by atoms with Crippen LogP contribution in [0.3, 0.4) is 0 Å². The zero-order valence-electron chi connectivity index (χ0n) is 20.2. The molecule has 8 heteroatoms. The van der Waals surface area contributed by atoms with Crippen molar-refractivity contribution >= 4 is 11.9 Å². The summed E-state index contributed by atoms with van der Waals surface area (Å²) in [5.74, 6) is 2.70. The Kier molecular flexibility index (Phi) is 6.81. The van der Waals surface area contributed by atoms with Crippen LogP contribution in [0.15, 0.2) is 48.5 Å². The highest BCUT2D eigenvalue weighted by Gasteiger charge is 2.28. The molecular weight excluding hydrogens is 444 g/mol. The Bertz CT molecular complexity index is 1210. The topological polar surface area (TPSA) is 77.0 Å². The van der Waals surface area contributed by atoms with Crippen molar-refractivity contribution in [1.82, 2.24) is 14.9 Å². The van der Waals surface area contributed by atoms with Crippen LogP contribution < -0.4 is 14.4 Å². The summed E-state index contributed by atoms with van der Waals surface area (Å²) in [6.07, 6.45) is 0.969. The average Bonchev–Trinajstić information content (AvgIpc) is 2.89. The first kappa shape index (κ1) is 23.1. The van der Waals surface area contributed by atoms with Gasteiger partial charge in [0, 0.05) is 26.1 Å². The monoisotopic (exact) mass is 474 g/mol. The molecule has 0 aliphatic carbocycles. The molecule has 1 amide bonds. The van der Waals surface area contributed by atoms with Gasteiger partial charge in [0.1, 0.15) is 11.5 Å². The van der Waals surface area contributed by atoms with Crippen molar-refractivity contribution in [1.29, 1.82) is 0 Å². The van der Waals surface area contributed by atoms with Crippen molar-refractivity contribution in [2.45, 2.75) is 26.3 Å². The molecule has 2 aliphatic heterocycles. The second-order valence-electron chi connectivity index (χ2n) is 8.87. The molecular formula is C27H30N4O4. The smallest absolute Gasteiger partial charge is 0.229 e. The lowest BCUT2D eigenvalue weighted by atomic mass is 10.0. The minimum Gasteiger partial charge on any atom is -0.497 e. The Morgan fingerprint density at radius 3 is 2.63 bits per heavy atom. The fourth-order valence-corrected chi connectivity index (χ4v) is 4.43. The predicted octanol–water partition coefficient (Wildman–Crippen LogP) is 3.55. The number of aromatic nitrogens is 2. The van der Waals surface area contributed by atoms with Crippen LogP contribution in [0.1, 0.15) is 22.4 Å². The summed E-state index contributed by atoms with van der Waals surface area (Å²) in [6.45, 7) is 5.85. The molecule has 8 nitrogen and oxygen atoms in total. The summed E-state index contributed by atoms with van der Waals surface area (Å²) < 4.78 is 17.1. The fraction of sp³-hybridized carbons (Fsp3) is 0.370. The van der Waals surface area contributed by atoms with Crippen molar-refractivity contribution in [3.05, 3.63) is 70.9 Å². The molecule has 0 saturated carbocycles. The lowest BCUT2D eigenvalue weighted by Crippen LogP contribution is -2.40. The quantitative estimate of drug-likeness (QED) is 0.541. The van der Waals surface area contributed by atoms with Gasteiger partial charge in [0.2, 0.25) is 17.7 Å². The van der Waals surface area contributed by atoms with Crippen LogP contribution in [-0.4, -0.2) is 60.7 Å². The first-order valence-corrected chi connectivity index (χ1v) is 12.0. The third kappa shape index (κ3) is 5.38. The van der Waals surface area contributed by atoms with E-state index in [9.17, 15) is 4.79 Å². The van der Waals surface area contributed by atoms with Gasteiger partial charge in [-0.05, 0) is 42.3 Å². The first-order chi connectivity index (χ1) is 17.1. The minimum atomic E-state index is 0.0580. The molecule has 0 N–H and O–H groups in total. The molecule has 0 radical (unpaired) electrons. The van der Waals surface area contributed by atoms with Crippen LogP contribution in [0, 0.1) is 6.92 Å². The summed E-state index contributed by atoms with van der Waals surface area (Å²) >= 11 is 0. The van der Waals surface area contributed by atoms with E-state index in [-0.39, 0.29) is 5.91 Å². The molecule has 182 valence electrons. The third-order valence-electron chi connectivity index (χ3n) is 6.35. The number of hydrogen-bond donors (Lipinski definition) is 0. The molecule has 2 aliphatic rings. The van der Waals surface area contributed by atoms with Gasteiger partial charge >= 0.3 is 0 Å². The van der Waals surface area contributed by atoms with E-state index in [0.29, 0.717) is 51.0 Å². The molecule has 0 unspecified atom stereocenters. The number of hydrogen-bond acceptors (Lipinski definition) is 7. The molecule has 2 aromatic carbocycles. The van der Waals surface area contributed by atoms with Crippen LogP contribution in [0.25, 0.3) is 0 Å². The van der Waals surface area contributed by atoms with E-state index in [2.05, 4.69) is 4.90 Å². The number of fused-ring (bicyclic) bond motifs is 1. The molecule has 3 aromatic rings. The van der Waals surface area contributed by atoms with Gasteiger partial charge in [0.05, 0.1) is 44.5 Å². The molecule has 0 bridgehead atoms. The van der Waals surface area contributed by atoms with Crippen molar-refractivity contribution < 1.29 is 19.0 Å². The third-order valence-corrected chi connectivity index (χ3v) is 6.35. The normalized spacial score (nSPS) is 15.5. The minimum absolute atomic E-state index is 0.0580. The largest absolute Gasteiger partial charge is 0.497 e. The van der Waals surface area contributed by atoms with Crippen LogP contribution in [0.5, 0.6) is 17.4 Å². The van der Waals surface area contributed by atoms with Crippen LogP contribution >= 0.6 is 0 Å². The molecule has 1 fully saturated rings. The Labute approximate surface area is 205 Å². The summed E-state index contributed by atoms with van der Waals surface area (Å²) in [4.78, 5) is 26.9. The van der Waals surface area contributed by atoms with E-state index in [4.69, 9.17) is 24.2 Å². The Morgan fingerprint density at radius 2 is 1.83 bits per heavy atom. The Hall–Kier alpha value is -3.65. The van der Waals surface area contributed by atoms with E-state index >= 15 is 0 Å². The van der Waals surface area contributed by atoms with E-state index in [1.165, 1.54) is 0 Å². The molecule has 0 spiro atoms. The van der Waals surface area contributed by atoms with E-state index in [1.54, 1.807) is 7.11 Å². The van der Waals surface area contributed by atoms with Crippen molar-refractivity contribution in [2.24, 2.45) is 0 Å². The number of amides is 1. The second kappa shape index (κ2) is 10.3. The van der Waals surface area contributed by atoms with Crippen molar-refractivity contribution in [3.8, 4) is 17.4 Å². The van der Waals surface area contributed by atoms with Gasteiger partial charge in [0.15, 0.2) is 0 Å². The summed E-state index contributed by atoms with van der Waals surface area (Å²) in [6, 6.07) is 15.5. The Morgan fingerprint density at radius 1 is 1.03 bits per heavy atom. The second-order valence-corrected chi connectivity index (χ2v) is 8.87. The molecule has 5 rings (SSSR count). The van der Waals surface area contributed by atoms with Gasteiger partial charge in [-0.3, -0.25) is 4.79 Å². The molecule has 3 heterocycles. The molecule has 35 heavy (non-hydrogen) atoms. The highest BCUT2D eigenvalue weighted by Crippen LogP contribution is 2.32. The molecule has 1 aromatic heterocycles. The van der Waals surface area contributed by atoms with Crippen LogP contribution in [0.2, 0.25) is 0 Å². The summed E-state index contributed by atoms with van der Waals surface area (Å²) in [5.41, 5.74) is 3.84. The number of carbonyl (C=O) groups excluding carboxylic acids is 1. The standard InChI is InChI=1S/C27H30N4O4/c1-19-5-3-8-22(15-19)35-26-23-18-31(25(32)17-20-6-4-7-21(16-20)33-2)10-9-24(23)28-27(29-26)30-11-13-34-14-12-30/h3-8,15-16H,9-14,17-18H2,1-2H3. The van der Waals surface area contributed by atoms with Crippen LogP contribution in [-0.2, 0) is 28.9 Å². The lowest BCUT2D eigenvalue weighted by Gasteiger charge is -2.32. The average molecular weight is 475 g/mol. The van der Waals surface area contributed by atoms with Gasteiger partial charge in [0.25, 0.3) is 0 Å². The van der Waals surface area contributed by atoms with Crippen molar-refractivity contribution in [3.63, 3.8) is 0 Å². The number of benzene rings is 2. The number of rotatable bonds is 6. The maximum Gasteiger partial charge on any atom is 0.229 e. The van der Waals surface area contributed by atoms with E-state index < -0.39 is 0 Å². The van der Waals surface area contributed by atoms with Gasteiger partial charge in [-0.15, -0.1) is 0 Å². The van der Waals surface area contributed by atoms with E-state index in [0.717, 1.165) is 47.0 Å². The molecule has 0 atom stereocenters. The van der Waals surface area contributed by atoms with Crippen molar-refractivity contribution in [2.75, 3.05) is 44.9 Å². The first-order valence-electron chi connectivity index (χ1n) is 12.0. The SMILES string of the molecule is COc1cccc(CC(=O)N2CCc3nc(N4CCOCC4)nc(Oc4cccc(C)c4)c3C2)c1. The number of carbonyl (C=O) groups is 1. The number of morpholine rings is 1. The van der Waals surface area contributed by atoms with Gasteiger partial charge in [-0.2, -0.15) is 4.98 Å². The van der Waals surface area contributed by atoms with Gasteiger partial charge in [-0.25, -0.2) is 4.98 Å². The molecule has 1 saturated heterocycles. The number of aryl methyl sites for hydroxylation is 1. The fourth-order valence-electron chi connectivity index (χ4n) is 4.43. The summed E-state index contributed by atoms with van der Waals surface area (Å²) in [5, 5.41) is 0. The number of anilines is 1. The zero-order chi connectivity index (χ0) is 24.2.